The highest BCUT2D eigenvalue weighted by molar-refractivity contribution is 9.10. The summed E-state index contributed by atoms with van der Waals surface area (Å²) >= 11 is 3.25. The third-order valence-corrected chi connectivity index (χ3v) is 16.4. The van der Waals surface area contributed by atoms with Crippen LogP contribution in [0.4, 0.5) is 11.4 Å². The van der Waals surface area contributed by atoms with Crippen molar-refractivity contribution in [2.24, 2.45) is 0 Å². The number of hydrogen-bond donors (Lipinski definition) is 1. The Bertz CT molecular complexity index is 4310. The number of esters is 2. The molecule has 3 aromatic carbocycles. The average Bonchev–Trinajstić information content (AvgIpc) is 1.49. The van der Waals surface area contributed by atoms with Crippen molar-refractivity contribution in [2.75, 3.05) is 107 Å². The third-order valence-electron chi connectivity index (χ3n) is 15.9. The Kier molecular flexibility index (Phi) is 22.0. The third kappa shape index (κ3) is 14.4. The predicted molar refractivity (Wildman–Crippen MR) is 347 cm³/mol. The Morgan fingerprint density at radius 3 is 1.44 bits per heavy atom. The van der Waals surface area contributed by atoms with Crippen LogP contribution in [0.1, 0.15) is 74.9 Å². The quantitative estimate of drug-likeness (QED) is 0.0566. The molecular weight excluding hydrogens is 1290 g/mol. The molecule has 0 radical (unpaired) electrons. The van der Waals surface area contributed by atoms with E-state index in [-0.39, 0.29) is 89.4 Å². The van der Waals surface area contributed by atoms with Gasteiger partial charge in [0.15, 0.2) is 0 Å². The molecule has 29 heteroatoms. The van der Waals surface area contributed by atoms with E-state index in [0.717, 1.165) is 55.4 Å². The van der Waals surface area contributed by atoms with E-state index >= 15 is 0 Å². The van der Waals surface area contributed by atoms with E-state index in [2.05, 4.69) is 52.2 Å². The van der Waals surface area contributed by atoms with E-state index < -0.39 is 21.8 Å². The minimum absolute atomic E-state index is 0.0846. The molecular formula is C65H70BrN11O17. The van der Waals surface area contributed by atoms with Gasteiger partial charge in [-0.25, -0.2) is 19.6 Å². The number of nitrogens with one attached hydrogen (secondary N) is 1. The number of carbonyl (C=O) groups is 2. The molecule has 6 aromatic heterocycles. The number of aromatic nitrogens is 9. The lowest BCUT2D eigenvalue weighted by Crippen LogP contribution is -2.21. The average molecular weight is 1360 g/mol. The summed E-state index contributed by atoms with van der Waals surface area (Å²) in [5.74, 6) is -0.168. The number of fused-ring (bicyclic) bond motifs is 3. The maximum atomic E-state index is 12.8. The van der Waals surface area contributed by atoms with Gasteiger partial charge in [0.2, 0.25) is 11.8 Å². The molecule has 0 atom stereocenters. The van der Waals surface area contributed by atoms with Gasteiger partial charge in [0.1, 0.15) is 11.1 Å². The summed E-state index contributed by atoms with van der Waals surface area (Å²) < 4.78 is 60.2. The molecule has 494 valence electrons. The van der Waals surface area contributed by atoms with E-state index in [1.165, 1.54) is 31.6 Å². The first-order valence-corrected chi connectivity index (χ1v) is 31.0. The Morgan fingerprint density at radius 1 is 0.574 bits per heavy atom. The zero-order valence-corrected chi connectivity index (χ0v) is 54.6. The number of methoxy groups -OCH3 is 2. The van der Waals surface area contributed by atoms with E-state index in [4.69, 9.17) is 47.4 Å². The highest BCUT2D eigenvalue weighted by Gasteiger charge is 2.33. The monoisotopic (exact) mass is 1360 g/mol. The molecule has 3 aliphatic heterocycles. The summed E-state index contributed by atoms with van der Waals surface area (Å²) in [6.45, 7) is 16.6. The molecule has 9 heterocycles. The van der Waals surface area contributed by atoms with Gasteiger partial charge in [0, 0.05) is 45.5 Å². The maximum Gasteiger partial charge on any atom is 0.341 e. The smallest absolute Gasteiger partial charge is 0.341 e. The fourth-order valence-electron chi connectivity index (χ4n) is 11.7. The van der Waals surface area contributed by atoms with Crippen LogP contribution >= 0.6 is 15.9 Å². The molecule has 0 saturated carbocycles. The number of carbonyl (C=O) groups excluding carboxylic acids is 2. The van der Waals surface area contributed by atoms with Crippen molar-refractivity contribution in [2.45, 2.75) is 59.7 Å². The maximum absolute atomic E-state index is 12.8. The lowest BCUT2D eigenvalue weighted by atomic mass is 9.94. The van der Waals surface area contributed by atoms with Crippen LogP contribution in [0.15, 0.2) is 94.8 Å². The topological polar surface area (TPSA) is 325 Å². The molecule has 3 saturated heterocycles. The second-order valence-corrected chi connectivity index (χ2v) is 22.8. The van der Waals surface area contributed by atoms with Crippen molar-refractivity contribution >= 4 is 61.0 Å². The van der Waals surface area contributed by atoms with E-state index in [0.29, 0.717) is 98.9 Å². The minimum atomic E-state index is -0.613. The number of aromatic amines is 1. The van der Waals surface area contributed by atoms with Gasteiger partial charge >= 0.3 is 11.9 Å². The molecule has 3 fully saturated rings. The molecule has 0 amide bonds. The predicted octanol–water partition coefficient (Wildman–Crippen LogP) is 10.0. The van der Waals surface area contributed by atoms with Gasteiger partial charge in [-0.05, 0) is 99.2 Å². The van der Waals surface area contributed by atoms with Crippen molar-refractivity contribution < 1.29 is 66.8 Å². The number of nitrogens with zero attached hydrogens (tertiary/aromatic N) is 10. The molecule has 94 heavy (non-hydrogen) atoms. The van der Waals surface area contributed by atoms with Crippen LogP contribution in [0.25, 0.3) is 66.6 Å². The van der Waals surface area contributed by atoms with Crippen LogP contribution in [0, 0.1) is 47.9 Å². The van der Waals surface area contributed by atoms with Crippen LogP contribution in [-0.2, 0) is 37.9 Å². The summed E-state index contributed by atoms with van der Waals surface area (Å²) in [7, 11) is 3.14. The van der Waals surface area contributed by atoms with Crippen LogP contribution < -0.4 is 15.0 Å². The molecule has 9 aromatic rings. The Morgan fingerprint density at radius 2 is 0.989 bits per heavy atom. The van der Waals surface area contributed by atoms with Crippen molar-refractivity contribution in [3.05, 3.63) is 154 Å². The number of nitro groups is 2. The molecule has 0 unspecified atom stereocenters. The number of halogens is 1. The van der Waals surface area contributed by atoms with Gasteiger partial charge in [-0.1, -0.05) is 34.1 Å². The first kappa shape index (κ1) is 67.5. The van der Waals surface area contributed by atoms with Gasteiger partial charge in [0.05, 0.1) is 192 Å². The first-order valence-electron chi connectivity index (χ1n) is 30.2. The summed E-state index contributed by atoms with van der Waals surface area (Å²) in [6.07, 6.45) is 7.83. The van der Waals surface area contributed by atoms with E-state index in [1.807, 2.05) is 44.5 Å². The minimum Gasteiger partial charge on any atom is -0.481 e. The summed E-state index contributed by atoms with van der Waals surface area (Å²) in [5, 5.41) is 38.6. The van der Waals surface area contributed by atoms with Crippen molar-refractivity contribution in [1.82, 2.24) is 44.3 Å². The van der Waals surface area contributed by atoms with Gasteiger partial charge in [-0.2, -0.15) is 15.3 Å². The molecule has 28 nitrogen and oxygen atoms in total. The number of H-pyrrole nitrogens is 1. The molecule has 1 N–H and O–H groups in total. The normalized spacial score (nSPS) is 15.0. The van der Waals surface area contributed by atoms with Crippen molar-refractivity contribution in [3.8, 4) is 56.5 Å². The van der Waals surface area contributed by atoms with Crippen molar-refractivity contribution in [3.63, 3.8) is 0 Å². The van der Waals surface area contributed by atoms with Gasteiger partial charge in [0.25, 0.3) is 16.9 Å². The molecule has 0 spiro atoms. The SMILES string of the molecule is CCOC(=O)c1cnn(C2COCCOC2)c1-c1ccc(-c2c(C)cnc(OC)c2C)cc1[N+](=O)[O-].CCOC(=O)c1cnn(C2COCCOC2)c1-c1ccc(Br)cc1[N+](=O)[O-].COc1ncc(C)c(-c2ccc3c(c2)[nH]c(=O)c2cnn(C4COCCOC4)c23)c1C. The molecule has 0 aliphatic carbocycles. The fraction of sp³-hybridized carbons (Fsp3) is 0.385. The number of ether oxygens (including phenoxy) is 10. The second-order valence-electron chi connectivity index (χ2n) is 21.9. The lowest BCUT2D eigenvalue weighted by Gasteiger charge is -2.19. The highest BCUT2D eigenvalue weighted by Crippen LogP contribution is 2.42. The van der Waals surface area contributed by atoms with Gasteiger partial charge in [-0.3, -0.25) is 39.1 Å². The Hall–Kier alpha value is -9.36. The molecule has 0 bridgehead atoms. The van der Waals surface area contributed by atoms with E-state index in [1.54, 1.807) is 73.2 Å². The fourth-order valence-corrected chi connectivity index (χ4v) is 12.0. The number of nitro benzene ring substituents is 2. The number of rotatable bonds is 15. The number of pyridine rings is 3. The van der Waals surface area contributed by atoms with Gasteiger partial charge in [-0.15, -0.1) is 0 Å². The van der Waals surface area contributed by atoms with Crippen LogP contribution in [0.2, 0.25) is 0 Å². The zero-order valence-electron chi connectivity index (χ0n) is 53.0. The Labute approximate surface area is 546 Å². The Balaban J connectivity index is 0.000000156. The van der Waals surface area contributed by atoms with Crippen LogP contribution in [0.5, 0.6) is 11.8 Å². The molecule has 3 aliphatic rings. The summed E-state index contributed by atoms with van der Waals surface area (Å²) in [4.78, 5) is 72.7. The zero-order chi connectivity index (χ0) is 66.7. The van der Waals surface area contributed by atoms with Crippen LogP contribution in [0.3, 0.4) is 0 Å². The lowest BCUT2D eigenvalue weighted by molar-refractivity contribution is -0.384. The summed E-state index contributed by atoms with van der Waals surface area (Å²) in [6, 6.07) is 14.9. The second kappa shape index (κ2) is 30.6. The number of hydrogen-bond acceptors (Lipinski definition) is 22. The standard InChI is InChI=1S/C25H28N4O7.C23H24N4O4.C17H18BrN3O6/c1-5-36-25(30)20-12-27-28(18-13-34-8-9-35-14-18)23(20)19-7-6-17(10-21(19)29(31)32)22-15(2)11-26-24(33-4)16(22)3;1-13-9-24-23(29-3)14(2)20(13)15-4-5-17-19(8-15)26-22(28)18-10-25-27(21(17)18)16-11-30-6-7-31-12-16;1-2-27-17(22)14-8-19-20(12-9-25-5-6-26-10-12)16(14)13-4-3-11(18)7-15(13)21(23)24/h6-7,10-12,18H,5,8-9,13-14H2,1-4H3;4-5,8-10,16H,6-7,11-12H2,1-3H3,(H,26,28);3-4,7-8,12H,2,5-6,9-10H2,1H3. The number of benzene rings is 3. The van der Waals surface area contributed by atoms with Gasteiger partial charge < -0.3 is 52.4 Å². The van der Waals surface area contributed by atoms with Crippen LogP contribution in [-0.4, -0.2) is 173 Å². The molecule has 12 rings (SSSR count). The number of aryl methyl sites for hydroxylation is 2. The van der Waals surface area contributed by atoms with E-state index in [9.17, 15) is 34.6 Å². The largest absolute Gasteiger partial charge is 0.481 e. The summed E-state index contributed by atoms with van der Waals surface area (Å²) in [5.41, 5.74) is 9.54. The highest BCUT2D eigenvalue weighted by atomic mass is 79.9. The first-order chi connectivity index (χ1) is 45.5. The van der Waals surface area contributed by atoms with Crippen molar-refractivity contribution in [1.29, 1.82) is 0 Å².